The summed E-state index contributed by atoms with van der Waals surface area (Å²) in [7, 11) is 0. The molecule has 0 saturated carbocycles. The normalized spacial score (nSPS) is 14.3. The lowest BCUT2D eigenvalue weighted by Gasteiger charge is -2.55. The average Bonchev–Trinajstić information content (AvgIpc) is 4.16. The van der Waals surface area contributed by atoms with E-state index in [0.717, 1.165) is 0 Å². The molecule has 3 nitrogen and oxygen atoms in total. The van der Waals surface area contributed by atoms with Crippen LogP contribution in [0.25, 0.3) is 62.6 Å². The van der Waals surface area contributed by atoms with E-state index >= 15 is 0 Å². The van der Waals surface area contributed by atoms with E-state index < -0.39 is 0 Å². The first-order chi connectivity index (χ1) is 36.7. The third-order valence-corrected chi connectivity index (χ3v) is 19.8. The standard InChI is InChI=1S/C66H36B3N3S2/c1-3-15-37(16-4-1)39-27-29-53-47(31-39)67-45-21-9-11-23-51(45)70-52-24-12-10-22-46(52)68-49-33-43-41-19-7-13-25-57(41)73-59(43)35-55(49)72-56-36-60-44(42-20-8-14-26-58(42)74-60)34-50(56)69-48-32-40(38-17-5-2-6-18-38)28-30-54(48)71(53)65-61(67)64(70)62(68)66(72)63(65)69/h1-36H. The number of fused-ring (bicyclic) bond motifs is 24. The van der Waals surface area contributed by atoms with E-state index in [4.69, 9.17) is 0 Å². The predicted octanol–water partition coefficient (Wildman–Crippen LogP) is 11.6. The molecule has 0 spiro atoms. The summed E-state index contributed by atoms with van der Waals surface area (Å²) in [5.41, 5.74) is 29.1. The van der Waals surface area contributed by atoms with E-state index in [1.165, 1.54) is 163 Å². The summed E-state index contributed by atoms with van der Waals surface area (Å²) >= 11 is 3.85. The van der Waals surface area contributed by atoms with Crippen molar-refractivity contribution in [2.24, 2.45) is 0 Å². The Morgan fingerprint density at radius 2 is 0.608 bits per heavy atom. The van der Waals surface area contributed by atoms with Gasteiger partial charge in [-0.15, -0.1) is 22.7 Å². The van der Waals surface area contributed by atoms with Crippen molar-refractivity contribution < 1.29 is 0 Å². The quantitative estimate of drug-likeness (QED) is 0.160. The van der Waals surface area contributed by atoms with E-state index in [0.29, 0.717) is 0 Å². The van der Waals surface area contributed by atoms with Crippen LogP contribution in [-0.2, 0) is 0 Å². The Labute approximate surface area is 436 Å². The highest BCUT2D eigenvalue weighted by Crippen LogP contribution is 2.53. The lowest BCUT2D eigenvalue weighted by atomic mass is 9.24. The van der Waals surface area contributed by atoms with Crippen LogP contribution in [-0.4, -0.2) is 20.1 Å². The fourth-order valence-corrected chi connectivity index (χ4v) is 17.0. The van der Waals surface area contributed by atoms with Crippen LogP contribution in [0.2, 0.25) is 0 Å². The van der Waals surface area contributed by atoms with Crippen molar-refractivity contribution in [1.82, 2.24) is 0 Å². The van der Waals surface area contributed by atoms with Gasteiger partial charge in [-0.25, -0.2) is 0 Å². The zero-order valence-corrected chi connectivity index (χ0v) is 41.3. The summed E-state index contributed by atoms with van der Waals surface area (Å²) in [6.45, 7) is -0.0647. The molecule has 6 aliphatic heterocycles. The zero-order chi connectivity index (χ0) is 47.7. The molecule has 13 aromatic rings. The second-order valence-electron chi connectivity index (χ2n) is 21.0. The fraction of sp³-hybridized carbons (Fsp3) is 0. The van der Waals surface area contributed by atoms with E-state index in [-0.39, 0.29) is 20.1 Å². The van der Waals surface area contributed by atoms with Crippen molar-refractivity contribution in [3.63, 3.8) is 0 Å². The van der Waals surface area contributed by atoms with Crippen molar-refractivity contribution in [2.45, 2.75) is 0 Å². The monoisotopic (exact) mass is 967 g/mol. The molecule has 8 heterocycles. The largest absolute Gasteiger partial charge is 0.312 e. The van der Waals surface area contributed by atoms with Crippen LogP contribution in [0, 0.1) is 0 Å². The van der Waals surface area contributed by atoms with Crippen molar-refractivity contribution in [1.29, 1.82) is 0 Å². The topological polar surface area (TPSA) is 9.72 Å². The molecule has 0 N–H and O–H groups in total. The van der Waals surface area contributed by atoms with Crippen LogP contribution in [0.15, 0.2) is 218 Å². The highest BCUT2D eigenvalue weighted by atomic mass is 32.1. The van der Waals surface area contributed by atoms with Crippen LogP contribution in [0.1, 0.15) is 0 Å². The summed E-state index contributed by atoms with van der Waals surface area (Å²) < 4.78 is 5.32. The minimum atomic E-state index is -0.0467. The molecule has 336 valence electrons. The molecule has 2 aromatic heterocycles. The molecule has 0 bridgehead atoms. The first-order valence-electron chi connectivity index (χ1n) is 25.8. The maximum Gasteiger partial charge on any atom is 0.252 e. The lowest BCUT2D eigenvalue weighted by Crippen LogP contribution is -2.74. The number of hydrogen-bond acceptors (Lipinski definition) is 5. The first-order valence-corrected chi connectivity index (χ1v) is 27.5. The third kappa shape index (κ3) is 4.70. The second kappa shape index (κ2) is 13.7. The molecule has 0 saturated heterocycles. The minimum absolute atomic E-state index is 0.00738. The van der Waals surface area contributed by atoms with Crippen LogP contribution in [0.3, 0.4) is 0 Å². The maximum absolute atomic E-state index is 2.77. The third-order valence-electron chi connectivity index (χ3n) is 17.6. The molecule has 0 fully saturated rings. The average molecular weight is 968 g/mol. The van der Waals surface area contributed by atoms with Gasteiger partial charge in [0, 0.05) is 80.8 Å². The molecule has 0 amide bonds. The summed E-state index contributed by atoms with van der Waals surface area (Å²) in [4.78, 5) is 8.18. The molecule has 74 heavy (non-hydrogen) atoms. The van der Waals surface area contributed by atoms with Crippen LogP contribution in [0.5, 0.6) is 0 Å². The summed E-state index contributed by atoms with van der Waals surface area (Å²) in [5.74, 6) is 0. The predicted molar refractivity (Wildman–Crippen MR) is 321 cm³/mol. The fourth-order valence-electron chi connectivity index (χ4n) is 14.7. The van der Waals surface area contributed by atoms with Gasteiger partial charge in [-0.1, -0.05) is 170 Å². The Bertz CT molecular complexity index is 4740. The van der Waals surface area contributed by atoms with E-state index in [2.05, 4.69) is 233 Å². The molecule has 0 aliphatic carbocycles. The van der Waals surface area contributed by atoms with Gasteiger partial charge in [0.2, 0.25) is 0 Å². The van der Waals surface area contributed by atoms with Crippen LogP contribution >= 0.6 is 22.7 Å². The van der Waals surface area contributed by atoms with Gasteiger partial charge < -0.3 is 14.7 Å². The SMILES string of the molecule is c1ccc(-c2ccc3c(c2)B2c4ccccc4N4c5ccccc5B5c6cc7c(cc6N6c8cc9sc%10ccccc%10c9cc8B8c9cc(-c%10ccccc%10)ccc9N3c3c2c4c5c6c38)sc2ccccc27)cc1. The Morgan fingerprint density at radius 3 is 1.08 bits per heavy atom. The Balaban J connectivity index is 1.03. The molecule has 19 rings (SSSR count). The van der Waals surface area contributed by atoms with Gasteiger partial charge >= 0.3 is 0 Å². The molecule has 0 unspecified atom stereocenters. The Kier molecular flexibility index (Phi) is 7.25. The number of nitrogens with zero attached hydrogens (tertiary/aromatic N) is 3. The van der Waals surface area contributed by atoms with Gasteiger partial charge in [0.15, 0.2) is 0 Å². The molecular weight excluding hydrogens is 931 g/mol. The van der Waals surface area contributed by atoms with Crippen LogP contribution in [0.4, 0.5) is 51.2 Å². The van der Waals surface area contributed by atoms with E-state index in [1.807, 2.05) is 22.7 Å². The van der Waals surface area contributed by atoms with Gasteiger partial charge in [-0.3, -0.25) is 0 Å². The summed E-state index contributed by atoms with van der Waals surface area (Å²) in [6.07, 6.45) is 0. The smallest absolute Gasteiger partial charge is 0.252 e. The summed E-state index contributed by atoms with van der Waals surface area (Å²) in [5, 5.41) is 5.34. The molecule has 6 aliphatic rings. The first kappa shape index (κ1) is 39.0. The van der Waals surface area contributed by atoms with E-state index in [9.17, 15) is 0 Å². The van der Waals surface area contributed by atoms with Gasteiger partial charge in [-0.2, -0.15) is 0 Å². The number of para-hydroxylation sites is 2. The number of hydrogen-bond donors (Lipinski definition) is 0. The highest BCUT2D eigenvalue weighted by molar-refractivity contribution is 7.26. The van der Waals surface area contributed by atoms with Gasteiger partial charge in [0.25, 0.3) is 20.1 Å². The zero-order valence-electron chi connectivity index (χ0n) is 39.7. The van der Waals surface area contributed by atoms with Crippen LogP contribution < -0.4 is 63.9 Å². The van der Waals surface area contributed by atoms with E-state index in [1.54, 1.807) is 0 Å². The molecule has 0 radical (unpaired) electrons. The molecular formula is C66H36B3N3S2. The highest BCUT2D eigenvalue weighted by Gasteiger charge is 2.57. The number of thiophene rings is 2. The van der Waals surface area contributed by atoms with Crippen molar-refractivity contribution >= 4 is 184 Å². The van der Waals surface area contributed by atoms with Gasteiger partial charge in [0.1, 0.15) is 0 Å². The maximum atomic E-state index is 2.77. The Morgan fingerprint density at radius 1 is 0.243 bits per heavy atom. The molecule has 0 atom stereocenters. The number of rotatable bonds is 2. The second-order valence-corrected chi connectivity index (χ2v) is 23.2. The van der Waals surface area contributed by atoms with Crippen molar-refractivity contribution in [2.75, 3.05) is 14.7 Å². The molecule has 8 heteroatoms. The Hall–Kier alpha value is -8.55. The minimum Gasteiger partial charge on any atom is -0.312 e. The number of anilines is 9. The van der Waals surface area contributed by atoms with Gasteiger partial charge in [-0.05, 0) is 131 Å². The van der Waals surface area contributed by atoms with Crippen molar-refractivity contribution in [3.8, 4) is 22.3 Å². The summed E-state index contributed by atoms with van der Waals surface area (Å²) in [6, 6.07) is 83.9. The van der Waals surface area contributed by atoms with Crippen molar-refractivity contribution in [3.05, 3.63) is 218 Å². The van der Waals surface area contributed by atoms with Gasteiger partial charge in [0.05, 0.1) is 0 Å². The lowest BCUT2D eigenvalue weighted by molar-refractivity contribution is 1.24. The molecule has 11 aromatic carbocycles. The number of benzene rings is 11.